The van der Waals surface area contributed by atoms with E-state index in [0.29, 0.717) is 39.6 Å². The molecule has 6 nitrogen and oxygen atoms in total. The third-order valence-corrected chi connectivity index (χ3v) is 2.66. The Morgan fingerprint density at radius 2 is 1.41 bits per heavy atom. The van der Waals surface area contributed by atoms with Crippen LogP contribution in [0.25, 0.3) is 0 Å². The summed E-state index contributed by atoms with van der Waals surface area (Å²) in [7, 11) is 1.70. The van der Waals surface area contributed by atoms with Crippen molar-refractivity contribution in [1.82, 2.24) is 4.90 Å². The van der Waals surface area contributed by atoms with Crippen molar-refractivity contribution in [3.05, 3.63) is 0 Å². The third-order valence-electron chi connectivity index (χ3n) is 2.66. The van der Waals surface area contributed by atoms with Crippen molar-refractivity contribution in [3.8, 4) is 0 Å². The molecule has 6 heteroatoms. The summed E-state index contributed by atoms with van der Waals surface area (Å²) in [6.07, 6.45) is 1.90. The van der Waals surface area contributed by atoms with Gasteiger partial charge in [-0.15, -0.1) is 0 Å². The normalized spacial score (nSPS) is 11.5. The molecule has 0 rings (SSSR count). The van der Waals surface area contributed by atoms with E-state index in [4.69, 9.17) is 18.9 Å². The van der Waals surface area contributed by atoms with Crippen molar-refractivity contribution in [3.63, 3.8) is 0 Å². The van der Waals surface area contributed by atoms with Crippen molar-refractivity contribution in [2.24, 2.45) is 0 Å². The van der Waals surface area contributed by atoms with Crippen molar-refractivity contribution < 1.29 is 23.7 Å². The Hall–Kier alpha value is -0.850. The zero-order valence-corrected chi connectivity index (χ0v) is 14.9. The van der Waals surface area contributed by atoms with E-state index in [1.165, 1.54) is 4.90 Å². The number of rotatable bonds is 12. The van der Waals surface area contributed by atoms with Gasteiger partial charge >= 0.3 is 6.09 Å². The third kappa shape index (κ3) is 14.1. The summed E-state index contributed by atoms with van der Waals surface area (Å²) >= 11 is 0. The molecule has 0 heterocycles. The molecule has 0 aromatic heterocycles. The van der Waals surface area contributed by atoms with E-state index in [0.717, 1.165) is 19.4 Å². The van der Waals surface area contributed by atoms with Gasteiger partial charge in [0, 0.05) is 20.2 Å². The maximum atomic E-state index is 11.7. The molecule has 0 aromatic carbocycles. The van der Waals surface area contributed by atoms with Gasteiger partial charge in [-0.2, -0.15) is 0 Å². The van der Waals surface area contributed by atoms with Gasteiger partial charge in [-0.25, -0.2) is 4.79 Å². The molecule has 0 aliphatic carbocycles. The SMILES string of the molecule is CCCCOCCOCCOCCN(C)C(=O)OC(C)(C)C. The zero-order chi connectivity index (χ0) is 16.8. The Balaban J connectivity index is 3.37. The van der Waals surface area contributed by atoms with Crippen LogP contribution >= 0.6 is 0 Å². The van der Waals surface area contributed by atoms with Gasteiger partial charge in [0.15, 0.2) is 0 Å². The summed E-state index contributed by atoms with van der Waals surface area (Å²) in [6, 6.07) is 0. The minimum atomic E-state index is -0.473. The topological polar surface area (TPSA) is 57.2 Å². The molecule has 1 amide bonds. The van der Waals surface area contributed by atoms with Crippen molar-refractivity contribution in [2.75, 3.05) is 53.2 Å². The van der Waals surface area contributed by atoms with Gasteiger partial charge in [0.25, 0.3) is 0 Å². The minimum Gasteiger partial charge on any atom is -0.444 e. The van der Waals surface area contributed by atoms with Gasteiger partial charge in [0.05, 0.1) is 33.0 Å². The van der Waals surface area contributed by atoms with E-state index in [2.05, 4.69) is 6.92 Å². The van der Waals surface area contributed by atoms with Crippen LogP contribution in [0.3, 0.4) is 0 Å². The molecule has 0 saturated carbocycles. The summed E-state index contributed by atoms with van der Waals surface area (Å²) < 4.78 is 21.4. The van der Waals surface area contributed by atoms with Gasteiger partial charge < -0.3 is 23.8 Å². The summed E-state index contributed by atoms with van der Waals surface area (Å²) in [5.41, 5.74) is -0.473. The Labute approximate surface area is 135 Å². The lowest BCUT2D eigenvalue weighted by Gasteiger charge is -2.24. The quantitative estimate of drug-likeness (QED) is 0.518. The molecule has 0 aromatic rings. The van der Waals surface area contributed by atoms with E-state index in [9.17, 15) is 4.79 Å². The molecule has 0 saturated heterocycles. The van der Waals surface area contributed by atoms with Crippen molar-refractivity contribution in [1.29, 1.82) is 0 Å². The van der Waals surface area contributed by atoms with Crippen LogP contribution in [0.1, 0.15) is 40.5 Å². The predicted molar refractivity (Wildman–Crippen MR) is 86.2 cm³/mol. The van der Waals surface area contributed by atoms with Gasteiger partial charge in [0.1, 0.15) is 5.60 Å². The highest BCUT2D eigenvalue weighted by Crippen LogP contribution is 2.08. The first-order valence-corrected chi connectivity index (χ1v) is 8.04. The lowest BCUT2D eigenvalue weighted by atomic mass is 10.2. The smallest absolute Gasteiger partial charge is 0.410 e. The number of nitrogens with zero attached hydrogens (tertiary/aromatic N) is 1. The summed E-state index contributed by atoms with van der Waals surface area (Å²) in [5.74, 6) is 0. The lowest BCUT2D eigenvalue weighted by Crippen LogP contribution is -2.36. The molecule has 0 bridgehead atoms. The molecular formula is C16H33NO5. The Morgan fingerprint density at radius 3 is 1.91 bits per heavy atom. The number of hydrogen-bond acceptors (Lipinski definition) is 5. The van der Waals surface area contributed by atoms with Crippen LogP contribution in [0.5, 0.6) is 0 Å². The van der Waals surface area contributed by atoms with Crippen LogP contribution in [0, 0.1) is 0 Å². The van der Waals surface area contributed by atoms with E-state index in [1.807, 2.05) is 20.8 Å². The molecule has 0 aliphatic heterocycles. The van der Waals surface area contributed by atoms with Crippen molar-refractivity contribution >= 4 is 6.09 Å². The molecule has 0 radical (unpaired) electrons. The average Bonchev–Trinajstić information content (AvgIpc) is 2.42. The summed E-state index contributed by atoms with van der Waals surface area (Å²) in [6.45, 7) is 11.7. The second-order valence-electron chi connectivity index (χ2n) is 6.09. The molecule has 132 valence electrons. The molecule has 22 heavy (non-hydrogen) atoms. The Morgan fingerprint density at radius 1 is 0.909 bits per heavy atom. The van der Waals surface area contributed by atoms with Crippen LogP contribution in [-0.4, -0.2) is 69.8 Å². The number of ether oxygens (including phenoxy) is 4. The van der Waals surface area contributed by atoms with Gasteiger partial charge in [-0.05, 0) is 27.2 Å². The standard InChI is InChI=1S/C16H33NO5/c1-6-7-9-19-11-13-21-14-12-20-10-8-17(5)15(18)22-16(2,3)4/h6-14H2,1-5H3. The molecular weight excluding hydrogens is 286 g/mol. The second kappa shape index (κ2) is 12.7. The number of likely N-dealkylation sites (N-methyl/N-ethyl adjacent to an activating group) is 1. The number of carbonyl (C=O) groups excluding carboxylic acids is 1. The van der Waals surface area contributed by atoms with E-state index < -0.39 is 5.60 Å². The molecule has 0 unspecified atom stereocenters. The monoisotopic (exact) mass is 319 g/mol. The molecule has 0 aliphatic rings. The molecule has 0 N–H and O–H groups in total. The largest absolute Gasteiger partial charge is 0.444 e. The van der Waals surface area contributed by atoms with E-state index in [1.54, 1.807) is 7.05 Å². The minimum absolute atomic E-state index is 0.337. The number of amides is 1. The molecule has 0 atom stereocenters. The summed E-state index contributed by atoms with van der Waals surface area (Å²) in [4.78, 5) is 13.2. The van der Waals surface area contributed by atoms with Crippen molar-refractivity contribution in [2.45, 2.75) is 46.1 Å². The fourth-order valence-electron chi connectivity index (χ4n) is 1.42. The molecule has 0 spiro atoms. The molecule has 0 fully saturated rings. The van der Waals surface area contributed by atoms with Crippen LogP contribution in [-0.2, 0) is 18.9 Å². The Bertz CT molecular complexity index is 278. The van der Waals surface area contributed by atoms with E-state index in [-0.39, 0.29) is 6.09 Å². The van der Waals surface area contributed by atoms with Crippen LogP contribution in [0.4, 0.5) is 4.79 Å². The van der Waals surface area contributed by atoms with Crippen LogP contribution in [0.2, 0.25) is 0 Å². The Kier molecular flexibility index (Phi) is 12.2. The fourth-order valence-corrected chi connectivity index (χ4v) is 1.42. The first-order chi connectivity index (χ1) is 10.4. The number of hydrogen-bond donors (Lipinski definition) is 0. The summed E-state index contributed by atoms with van der Waals surface area (Å²) in [5, 5.41) is 0. The predicted octanol–water partition coefficient (Wildman–Crippen LogP) is 2.70. The number of carbonyl (C=O) groups is 1. The average molecular weight is 319 g/mol. The zero-order valence-electron chi connectivity index (χ0n) is 14.9. The maximum Gasteiger partial charge on any atom is 0.410 e. The van der Waals surface area contributed by atoms with Gasteiger partial charge in [0.2, 0.25) is 0 Å². The highest BCUT2D eigenvalue weighted by atomic mass is 16.6. The first kappa shape index (κ1) is 21.1. The number of unbranched alkanes of at least 4 members (excludes halogenated alkanes) is 1. The van der Waals surface area contributed by atoms with E-state index >= 15 is 0 Å². The first-order valence-electron chi connectivity index (χ1n) is 8.04. The van der Waals surface area contributed by atoms with Crippen LogP contribution < -0.4 is 0 Å². The fraction of sp³-hybridized carbons (Fsp3) is 0.938. The highest BCUT2D eigenvalue weighted by molar-refractivity contribution is 5.67. The van der Waals surface area contributed by atoms with Gasteiger partial charge in [-0.3, -0.25) is 0 Å². The maximum absolute atomic E-state index is 11.7. The van der Waals surface area contributed by atoms with Gasteiger partial charge in [-0.1, -0.05) is 13.3 Å². The lowest BCUT2D eigenvalue weighted by molar-refractivity contribution is 0.00454. The van der Waals surface area contributed by atoms with Crippen LogP contribution in [0.15, 0.2) is 0 Å². The highest BCUT2D eigenvalue weighted by Gasteiger charge is 2.19. The second-order valence-corrected chi connectivity index (χ2v) is 6.09.